The topological polar surface area (TPSA) is 89.5 Å². The summed E-state index contributed by atoms with van der Waals surface area (Å²) in [6.45, 7) is 0.169. The highest BCUT2D eigenvalue weighted by atomic mass is 16.8. The molecule has 0 aliphatic carbocycles. The van der Waals surface area contributed by atoms with Crippen LogP contribution in [0.2, 0.25) is 0 Å². The van der Waals surface area contributed by atoms with Crippen LogP contribution in [0.15, 0.2) is 91.0 Å². The first-order chi connectivity index (χ1) is 17.6. The maximum atomic E-state index is 13.1. The first-order valence-corrected chi connectivity index (χ1v) is 11.7. The lowest BCUT2D eigenvalue weighted by Crippen LogP contribution is -2.64. The van der Waals surface area contributed by atoms with E-state index in [1.54, 1.807) is 60.7 Å². The summed E-state index contributed by atoms with van der Waals surface area (Å²) in [6.07, 6.45) is -5.23. The zero-order valence-electron chi connectivity index (χ0n) is 19.6. The molecule has 2 aliphatic rings. The molecule has 0 spiro atoms. The molecule has 0 amide bonds. The van der Waals surface area contributed by atoms with Crippen LogP contribution in [0.3, 0.4) is 0 Å². The SMILES string of the molecule is CO[C@@H]1O[C@@H]2CO[C@@H](c3ccccc3)O[C@H]2[C@H](OC(=O)c2ccccc2)[C@H]1OC(=O)c1ccccc1. The van der Waals surface area contributed by atoms with Gasteiger partial charge in [0.05, 0.1) is 17.7 Å². The highest BCUT2D eigenvalue weighted by Gasteiger charge is 2.54. The number of hydrogen-bond acceptors (Lipinski definition) is 8. The summed E-state index contributed by atoms with van der Waals surface area (Å²) in [6, 6.07) is 26.5. The first kappa shape index (κ1) is 24.1. The van der Waals surface area contributed by atoms with Gasteiger partial charge in [0, 0.05) is 12.7 Å². The molecule has 36 heavy (non-hydrogen) atoms. The third-order valence-corrected chi connectivity index (χ3v) is 6.09. The molecule has 8 heteroatoms. The Bertz CT molecular complexity index is 1150. The number of carbonyl (C=O) groups excluding carboxylic acids is 2. The molecular weight excluding hydrogens is 464 g/mol. The van der Waals surface area contributed by atoms with E-state index in [0.29, 0.717) is 11.1 Å². The standard InChI is InChI=1S/C28H26O8/c1-31-28-24(35-26(30)19-13-7-3-8-14-19)23(34-25(29)18-11-5-2-6-12-18)22-21(33-28)17-32-27(36-22)20-15-9-4-10-16-20/h2-16,21-24,27-28H,17H2,1H3/t21-,22-,23+,24-,27-,28-/m1/s1. The maximum absolute atomic E-state index is 13.1. The summed E-state index contributed by atoms with van der Waals surface area (Å²) in [7, 11) is 1.43. The lowest BCUT2D eigenvalue weighted by Gasteiger charge is -2.47. The van der Waals surface area contributed by atoms with Crippen LogP contribution in [0, 0.1) is 0 Å². The van der Waals surface area contributed by atoms with Crippen LogP contribution < -0.4 is 0 Å². The lowest BCUT2D eigenvalue weighted by atomic mass is 9.97. The van der Waals surface area contributed by atoms with Crippen LogP contribution in [0.5, 0.6) is 0 Å². The summed E-state index contributed by atoms with van der Waals surface area (Å²) in [5.41, 5.74) is 1.50. The van der Waals surface area contributed by atoms with E-state index < -0.39 is 48.9 Å². The summed E-state index contributed by atoms with van der Waals surface area (Å²) >= 11 is 0. The molecule has 8 nitrogen and oxygen atoms in total. The average molecular weight is 491 g/mol. The van der Waals surface area contributed by atoms with Gasteiger partial charge in [-0.2, -0.15) is 0 Å². The van der Waals surface area contributed by atoms with Crippen molar-refractivity contribution >= 4 is 11.9 Å². The van der Waals surface area contributed by atoms with E-state index in [1.807, 2.05) is 30.3 Å². The smallest absolute Gasteiger partial charge is 0.338 e. The molecular formula is C28H26O8. The van der Waals surface area contributed by atoms with E-state index in [2.05, 4.69) is 0 Å². The van der Waals surface area contributed by atoms with Gasteiger partial charge in [-0.05, 0) is 24.3 Å². The fourth-order valence-electron chi connectivity index (χ4n) is 4.31. The molecule has 5 rings (SSSR count). The van der Waals surface area contributed by atoms with E-state index in [-0.39, 0.29) is 6.61 Å². The van der Waals surface area contributed by atoms with Gasteiger partial charge in [-0.15, -0.1) is 0 Å². The van der Waals surface area contributed by atoms with Crippen molar-refractivity contribution in [1.82, 2.24) is 0 Å². The Balaban J connectivity index is 1.46. The normalized spacial score (nSPS) is 27.5. The lowest BCUT2D eigenvalue weighted by molar-refractivity contribution is -0.356. The van der Waals surface area contributed by atoms with Crippen LogP contribution in [0.1, 0.15) is 32.6 Å². The molecule has 2 fully saturated rings. The number of carbonyl (C=O) groups is 2. The monoisotopic (exact) mass is 490 g/mol. The maximum Gasteiger partial charge on any atom is 0.338 e. The number of rotatable bonds is 6. The van der Waals surface area contributed by atoms with Gasteiger partial charge in [0.25, 0.3) is 0 Å². The second-order valence-corrected chi connectivity index (χ2v) is 8.43. The third-order valence-electron chi connectivity index (χ3n) is 6.09. The van der Waals surface area contributed by atoms with Gasteiger partial charge in [-0.25, -0.2) is 9.59 Å². The Labute approximate surface area is 208 Å². The zero-order valence-corrected chi connectivity index (χ0v) is 19.6. The van der Waals surface area contributed by atoms with E-state index in [0.717, 1.165) is 5.56 Å². The van der Waals surface area contributed by atoms with Crippen molar-refractivity contribution < 1.29 is 38.0 Å². The number of hydrogen-bond donors (Lipinski definition) is 0. The minimum absolute atomic E-state index is 0.169. The highest BCUT2D eigenvalue weighted by molar-refractivity contribution is 5.90. The Morgan fingerprint density at radius 3 is 1.81 bits per heavy atom. The molecule has 6 atom stereocenters. The average Bonchev–Trinajstić information content (AvgIpc) is 2.95. The van der Waals surface area contributed by atoms with Gasteiger partial charge >= 0.3 is 11.9 Å². The Morgan fingerprint density at radius 1 is 0.722 bits per heavy atom. The molecule has 0 radical (unpaired) electrons. The molecule has 2 aliphatic heterocycles. The van der Waals surface area contributed by atoms with Crippen molar-refractivity contribution in [2.45, 2.75) is 37.0 Å². The van der Waals surface area contributed by atoms with Crippen molar-refractivity contribution in [2.24, 2.45) is 0 Å². The Kier molecular flexibility index (Phi) is 7.39. The van der Waals surface area contributed by atoms with Gasteiger partial charge in [-0.1, -0.05) is 66.7 Å². The predicted molar refractivity (Wildman–Crippen MR) is 127 cm³/mol. The fourth-order valence-corrected chi connectivity index (χ4v) is 4.31. The fraction of sp³-hybridized carbons (Fsp3) is 0.286. The number of benzene rings is 3. The highest BCUT2D eigenvalue weighted by Crippen LogP contribution is 2.37. The van der Waals surface area contributed by atoms with Gasteiger partial charge in [0.15, 0.2) is 24.8 Å². The van der Waals surface area contributed by atoms with E-state index in [4.69, 9.17) is 28.4 Å². The van der Waals surface area contributed by atoms with Crippen molar-refractivity contribution in [1.29, 1.82) is 0 Å². The summed E-state index contributed by atoms with van der Waals surface area (Å²) in [5, 5.41) is 0. The zero-order chi connectivity index (χ0) is 24.9. The van der Waals surface area contributed by atoms with Crippen LogP contribution in [-0.4, -0.2) is 56.4 Å². The minimum atomic E-state index is -1.09. The third kappa shape index (κ3) is 5.17. The van der Waals surface area contributed by atoms with Crippen LogP contribution >= 0.6 is 0 Å². The number of esters is 2. The van der Waals surface area contributed by atoms with E-state index >= 15 is 0 Å². The molecule has 2 heterocycles. The number of methoxy groups -OCH3 is 1. The van der Waals surface area contributed by atoms with E-state index in [1.165, 1.54) is 7.11 Å². The van der Waals surface area contributed by atoms with Crippen molar-refractivity contribution in [3.8, 4) is 0 Å². The van der Waals surface area contributed by atoms with Gasteiger partial charge in [0.2, 0.25) is 0 Å². The van der Waals surface area contributed by atoms with Gasteiger partial charge in [0.1, 0.15) is 12.2 Å². The molecule has 3 aromatic carbocycles. The van der Waals surface area contributed by atoms with Crippen molar-refractivity contribution in [3.63, 3.8) is 0 Å². The van der Waals surface area contributed by atoms with Crippen LogP contribution in [0.4, 0.5) is 0 Å². The van der Waals surface area contributed by atoms with Crippen LogP contribution in [0.25, 0.3) is 0 Å². The van der Waals surface area contributed by atoms with E-state index in [9.17, 15) is 9.59 Å². The minimum Gasteiger partial charge on any atom is -0.452 e. The second-order valence-electron chi connectivity index (χ2n) is 8.43. The molecule has 3 aromatic rings. The molecule has 0 saturated carbocycles. The quantitative estimate of drug-likeness (QED) is 0.481. The molecule has 0 N–H and O–H groups in total. The van der Waals surface area contributed by atoms with Crippen molar-refractivity contribution in [3.05, 3.63) is 108 Å². The second kappa shape index (κ2) is 11.0. The predicted octanol–water partition coefficient (Wildman–Crippen LogP) is 3.92. The Hall–Kier alpha value is -3.56. The molecule has 0 unspecified atom stereocenters. The molecule has 0 aromatic heterocycles. The summed E-state index contributed by atoms with van der Waals surface area (Å²) < 4.78 is 35.5. The van der Waals surface area contributed by atoms with Gasteiger partial charge in [-0.3, -0.25) is 0 Å². The number of fused-ring (bicyclic) bond motifs is 1. The molecule has 186 valence electrons. The molecule has 2 saturated heterocycles. The molecule has 0 bridgehead atoms. The summed E-state index contributed by atoms with van der Waals surface area (Å²) in [4.78, 5) is 26.1. The largest absolute Gasteiger partial charge is 0.452 e. The Morgan fingerprint density at radius 2 is 1.25 bits per heavy atom. The van der Waals surface area contributed by atoms with Crippen molar-refractivity contribution in [2.75, 3.05) is 13.7 Å². The summed E-state index contributed by atoms with van der Waals surface area (Å²) in [5.74, 6) is -1.18. The first-order valence-electron chi connectivity index (χ1n) is 11.7. The van der Waals surface area contributed by atoms with Gasteiger partial charge < -0.3 is 28.4 Å². The number of ether oxygens (including phenoxy) is 6. The van der Waals surface area contributed by atoms with Crippen LogP contribution in [-0.2, 0) is 28.4 Å².